The van der Waals surface area contributed by atoms with Gasteiger partial charge in [-0.3, -0.25) is 4.79 Å². The standard InChI is InChI=1S/C12H17NOS/c1-3-15-12(14)13-9-10(2)11-7-5-4-6-8-11/h4-8,10H,3,9H2,1-2H3,(H,13,14). The molecule has 1 aromatic rings. The molecule has 0 saturated carbocycles. The smallest absolute Gasteiger partial charge is 0.279 e. The van der Waals surface area contributed by atoms with Crippen molar-refractivity contribution in [3.63, 3.8) is 0 Å². The maximum Gasteiger partial charge on any atom is 0.279 e. The monoisotopic (exact) mass is 223 g/mol. The number of nitrogens with one attached hydrogen (secondary N) is 1. The number of amides is 1. The van der Waals surface area contributed by atoms with Crippen molar-refractivity contribution in [3.8, 4) is 0 Å². The predicted molar refractivity (Wildman–Crippen MR) is 66.4 cm³/mol. The van der Waals surface area contributed by atoms with Gasteiger partial charge in [-0.15, -0.1) is 0 Å². The predicted octanol–water partition coefficient (Wildman–Crippen LogP) is 3.25. The van der Waals surface area contributed by atoms with E-state index < -0.39 is 0 Å². The molecular weight excluding hydrogens is 206 g/mol. The van der Waals surface area contributed by atoms with Gasteiger partial charge in [0.2, 0.25) is 0 Å². The van der Waals surface area contributed by atoms with Gasteiger partial charge in [0.1, 0.15) is 0 Å². The van der Waals surface area contributed by atoms with E-state index in [0.717, 1.165) is 5.75 Å². The van der Waals surface area contributed by atoms with E-state index in [0.29, 0.717) is 12.5 Å². The molecule has 82 valence electrons. The number of benzene rings is 1. The second-order valence-corrected chi connectivity index (χ2v) is 4.65. The van der Waals surface area contributed by atoms with Gasteiger partial charge in [0, 0.05) is 6.54 Å². The van der Waals surface area contributed by atoms with E-state index in [1.54, 1.807) is 0 Å². The summed E-state index contributed by atoms with van der Waals surface area (Å²) in [5.41, 5.74) is 1.26. The SMILES string of the molecule is CCSC(=O)NCC(C)c1ccccc1. The number of hydrogen-bond acceptors (Lipinski definition) is 2. The molecule has 1 unspecified atom stereocenters. The molecule has 0 heterocycles. The summed E-state index contributed by atoms with van der Waals surface area (Å²) < 4.78 is 0. The molecule has 0 bridgehead atoms. The Kier molecular flexibility index (Phi) is 5.26. The van der Waals surface area contributed by atoms with Crippen LogP contribution in [0.5, 0.6) is 0 Å². The summed E-state index contributed by atoms with van der Waals surface area (Å²) in [5, 5.41) is 2.98. The normalized spacial score (nSPS) is 12.1. The van der Waals surface area contributed by atoms with Gasteiger partial charge in [-0.1, -0.05) is 55.9 Å². The molecule has 0 fully saturated rings. The van der Waals surface area contributed by atoms with Crippen LogP contribution in [0.2, 0.25) is 0 Å². The molecule has 1 atom stereocenters. The highest BCUT2D eigenvalue weighted by molar-refractivity contribution is 8.13. The van der Waals surface area contributed by atoms with Crippen molar-refractivity contribution in [2.75, 3.05) is 12.3 Å². The molecule has 0 spiro atoms. The number of hydrogen-bond donors (Lipinski definition) is 1. The topological polar surface area (TPSA) is 29.1 Å². The van der Waals surface area contributed by atoms with Gasteiger partial charge in [0.15, 0.2) is 0 Å². The zero-order chi connectivity index (χ0) is 11.1. The molecule has 0 aliphatic rings. The number of thioether (sulfide) groups is 1. The highest BCUT2D eigenvalue weighted by Gasteiger charge is 2.06. The summed E-state index contributed by atoms with van der Waals surface area (Å²) in [5.74, 6) is 1.19. The minimum atomic E-state index is 0.0697. The molecule has 15 heavy (non-hydrogen) atoms. The summed E-state index contributed by atoms with van der Waals surface area (Å²) in [6.07, 6.45) is 0. The molecular formula is C12H17NOS. The van der Waals surface area contributed by atoms with Gasteiger partial charge in [0.05, 0.1) is 0 Å². The van der Waals surface area contributed by atoms with E-state index in [1.165, 1.54) is 17.3 Å². The fourth-order valence-electron chi connectivity index (χ4n) is 1.32. The highest BCUT2D eigenvalue weighted by Crippen LogP contribution is 2.13. The van der Waals surface area contributed by atoms with Crippen LogP contribution in [0, 0.1) is 0 Å². The lowest BCUT2D eigenvalue weighted by Crippen LogP contribution is -2.23. The molecule has 0 radical (unpaired) electrons. The van der Waals surface area contributed by atoms with Gasteiger partial charge < -0.3 is 5.32 Å². The Morgan fingerprint density at radius 3 is 2.67 bits per heavy atom. The average molecular weight is 223 g/mol. The van der Waals surface area contributed by atoms with Crippen LogP contribution in [0.4, 0.5) is 4.79 Å². The van der Waals surface area contributed by atoms with Crippen molar-refractivity contribution in [1.82, 2.24) is 5.32 Å². The van der Waals surface area contributed by atoms with Crippen LogP contribution in [-0.2, 0) is 0 Å². The number of carbonyl (C=O) groups excluding carboxylic acids is 1. The average Bonchev–Trinajstić information content (AvgIpc) is 2.27. The Morgan fingerprint density at radius 1 is 1.40 bits per heavy atom. The first-order valence-electron chi connectivity index (χ1n) is 5.19. The van der Waals surface area contributed by atoms with Gasteiger partial charge in [-0.2, -0.15) is 0 Å². The summed E-state index contributed by atoms with van der Waals surface area (Å²) in [6.45, 7) is 4.80. The zero-order valence-corrected chi connectivity index (χ0v) is 10.0. The first-order valence-corrected chi connectivity index (χ1v) is 6.18. The second kappa shape index (κ2) is 6.51. The van der Waals surface area contributed by atoms with Crippen LogP contribution in [0.3, 0.4) is 0 Å². The minimum Gasteiger partial charge on any atom is -0.346 e. The van der Waals surface area contributed by atoms with Crippen molar-refractivity contribution in [2.24, 2.45) is 0 Å². The summed E-state index contributed by atoms with van der Waals surface area (Å²) in [6, 6.07) is 10.2. The first-order chi connectivity index (χ1) is 7.24. The lowest BCUT2D eigenvalue weighted by atomic mass is 10.0. The van der Waals surface area contributed by atoms with Crippen molar-refractivity contribution < 1.29 is 4.79 Å². The fraction of sp³-hybridized carbons (Fsp3) is 0.417. The molecule has 0 aliphatic heterocycles. The lowest BCUT2D eigenvalue weighted by Gasteiger charge is -2.12. The molecule has 0 saturated heterocycles. The lowest BCUT2D eigenvalue weighted by molar-refractivity contribution is 0.260. The Labute approximate surface area is 95.5 Å². The second-order valence-electron chi connectivity index (χ2n) is 3.41. The summed E-state index contributed by atoms with van der Waals surface area (Å²) in [7, 11) is 0. The first kappa shape index (κ1) is 12.1. The van der Waals surface area contributed by atoms with Crippen LogP contribution >= 0.6 is 11.8 Å². The molecule has 1 rings (SSSR count). The third-order valence-corrected chi connectivity index (χ3v) is 2.89. The Hall–Kier alpha value is -0.960. The maximum atomic E-state index is 11.2. The van der Waals surface area contributed by atoms with E-state index in [1.807, 2.05) is 25.1 Å². The molecule has 3 heteroatoms. The Morgan fingerprint density at radius 2 is 2.07 bits per heavy atom. The molecule has 1 aromatic carbocycles. The van der Waals surface area contributed by atoms with E-state index in [9.17, 15) is 4.79 Å². The van der Waals surface area contributed by atoms with Crippen LogP contribution in [0.25, 0.3) is 0 Å². The molecule has 0 aliphatic carbocycles. The van der Waals surface area contributed by atoms with E-state index in [4.69, 9.17) is 0 Å². The van der Waals surface area contributed by atoms with Gasteiger partial charge in [-0.05, 0) is 17.2 Å². The number of carbonyl (C=O) groups is 1. The maximum absolute atomic E-state index is 11.2. The van der Waals surface area contributed by atoms with Gasteiger partial charge >= 0.3 is 0 Å². The van der Waals surface area contributed by atoms with E-state index in [2.05, 4.69) is 24.4 Å². The highest BCUT2D eigenvalue weighted by atomic mass is 32.2. The van der Waals surface area contributed by atoms with E-state index >= 15 is 0 Å². The van der Waals surface area contributed by atoms with Crippen molar-refractivity contribution in [1.29, 1.82) is 0 Å². The number of rotatable bonds is 4. The molecule has 1 amide bonds. The zero-order valence-electron chi connectivity index (χ0n) is 9.19. The summed E-state index contributed by atoms with van der Waals surface area (Å²) in [4.78, 5) is 11.2. The van der Waals surface area contributed by atoms with Crippen LogP contribution in [-0.4, -0.2) is 17.5 Å². The van der Waals surface area contributed by atoms with Gasteiger partial charge in [0.25, 0.3) is 5.24 Å². The quantitative estimate of drug-likeness (QED) is 0.849. The van der Waals surface area contributed by atoms with Gasteiger partial charge in [-0.25, -0.2) is 0 Å². The third kappa shape index (κ3) is 4.38. The van der Waals surface area contributed by atoms with Crippen LogP contribution in [0.15, 0.2) is 30.3 Å². The third-order valence-electron chi connectivity index (χ3n) is 2.20. The van der Waals surface area contributed by atoms with Crippen molar-refractivity contribution in [3.05, 3.63) is 35.9 Å². The minimum absolute atomic E-state index is 0.0697. The van der Waals surface area contributed by atoms with E-state index in [-0.39, 0.29) is 5.24 Å². The Balaban J connectivity index is 2.37. The van der Waals surface area contributed by atoms with Crippen molar-refractivity contribution >= 4 is 17.0 Å². The largest absolute Gasteiger partial charge is 0.346 e. The fourth-order valence-corrected chi connectivity index (χ4v) is 1.77. The van der Waals surface area contributed by atoms with Crippen LogP contribution < -0.4 is 5.32 Å². The molecule has 0 aromatic heterocycles. The Bertz CT molecular complexity index is 300. The summed E-state index contributed by atoms with van der Waals surface area (Å²) >= 11 is 1.32. The molecule has 1 N–H and O–H groups in total. The van der Waals surface area contributed by atoms with Crippen LogP contribution in [0.1, 0.15) is 25.3 Å². The molecule has 2 nitrogen and oxygen atoms in total. The van der Waals surface area contributed by atoms with Crippen molar-refractivity contribution in [2.45, 2.75) is 19.8 Å².